The molecule has 18 heavy (non-hydrogen) atoms. The van der Waals surface area contributed by atoms with E-state index in [4.69, 9.17) is 11.6 Å². The lowest BCUT2D eigenvalue weighted by molar-refractivity contribution is 0.597. The van der Waals surface area contributed by atoms with Gasteiger partial charge in [-0.3, -0.25) is 0 Å². The number of anilines is 1. The molecule has 3 nitrogen and oxygen atoms in total. The standard InChI is InChI=1S/C13H20ClNO2S/c1-2-18(16,17)13-8-6-12(7-9-13)15-11-5-3-4-10-14/h6-9,15H,2-5,10-11H2,1H3. The average Bonchev–Trinajstić information content (AvgIpc) is 2.39. The van der Waals surface area contributed by atoms with Gasteiger partial charge in [-0.05, 0) is 37.1 Å². The molecule has 0 aliphatic heterocycles. The summed E-state index contributed by atoms with van der Waals surface area (Å²) in [5.41, 5.74) is 0.955. The average molecular weight is 290 g/mol. The first-order valence-electron chi connectivity index (χ1n) is 6.23. The number of unbranched alkanes of at least 4 members (excludes halogenated alkanes) is 2. The van der Waals surface area contributed by atoms with Crippen LogP contribution in [-0.4, -0.2) is 26.6 Å². The van der Waals surface area contributed by atoms with Gasteiger partial charge in [-0.15, -0.1) is 11.6 Å². The largest absolute Gasteiger partial charge is 0.385 e. The van der Waals surface area contributed by atoms with Gasteiger partial charge in [0, 0.05) is 18.1 Å². The molecule has 1 N–H and O–H groups in total. The van der Waals surface area contributed by atoms with Crippen LogP contribution >= 0.6 is 11.6 Å². The van der Waals surface area contributed by atoms with E-state index in [1.807, 2.05) is 12.1 Å². The number of hydrogen-bond donors (Lipinski definition) is 1. The first-order valence-corrected chi connectivity index (χ1v) is 8.41. The minimum absolute atomic E-state index is 0.137. The Morgan fingerprint density at radius 3 is 2.33 bits per heavy atom. The molecule has 0 aliphatic rings. The lowest BCUT2D eigenvalue weighted by Crippen LogP contribution is -2.05. The summed E-state index contributed by atoms with van der Waals surface area (Å²) in [5.74, 6) is 0.849. The number of halogens is 1. The molecular weight excluding hydrogens is 270 g/mol. The molecule has 0 spiro atoms. The molecule has 0 aromatic heterocycles. The maximum Gasteiger partial charge on any atom is 0.178 e. The van der Waals surface area contributed by atoms with Crippen LogP contribution in [0.5, 0.6) is 0 Å². The van der Waals surface area contributed by atoms with Crippen LogP contribution in [0.3, 0.4) is 0 Å². The van der Waals surface area contributed by atoms with Crippen LogP contribution in [-0.2, 0) is 9.84 Å². The minimum atomic E-state index is -3.09. The van der Waals surface area contributed by atoms with Crippen molar-refractivity contribution in [2.24, 2.45) is 0 Å². The summed E-state index contributed by atoms with van der Waals surface area (Å²) >= 11 is 5.59. The molecule has 102 valence electrons. The summed E-state index contributed by atoms with van der Waals surface area (Å²) in [4.78, 5) is 0.387. The smallest absolute Gasteiger partial charge is 0.178 e. The lowest BCUT2D eigenvalue weighted by Gasteiger charge is -2.07. The summed E-state index contributed by atoms with van der Waals surface area (Å²) in [7, 11) is -3.09. The quantitative estimate of drug-likeness (QED) is 0.590. The Morgan fingerprint density at radius 1 is 1.11 bits per heavy atom. The van der Waals surface area contributed by atoms with Crippen molar-refractivity contribution in [3.05, 3.63) is 24.3 Å². The SMILES string of the molecule is CCS(=O)(=O)c1ccc(NCCCCCCl)cc1. The summed E-state index contributed by atoms with van der Waals surface area (Å²) < 4.78 is 23.2. The zero-order valence-corrected chi connectivity index (χ0v) is 12.2. The maximum absolute atomic E-state index is 11.6. The second-order valence-corrected chi connectivity index (χ2v) is 6.76. The Hall–Kier alpha value is -0.740. The molecule has 0 saturated heterocycles. The van der Waals surface area contributed by atoms with Gasteiger partial charge in [0.25, 0.3) is 0 Å². The topological polar surface area (TPSA) is 46.2 Å². The van der Waals surface area contributed by atoms with Gasteiger partial charge in [0.15, 0.2) is 9.84 Å². The van der Waals surface area contributed by atoms with Crippen LogP contribution in [0.1, 0.15) is 26.2 Å². The molecule has 0 atom stereocenters. The molecule has 0 saturated carbocycles. The molecule has 0 heterocycles. The third-order valence-corrected chi connectivity index (χ3v) is 4.75. The number of rotatable bonds is 8. The molecule has 0 amide bonds. The predicted molar refractivity (Wildman–Crippen MR) is 77.2 cm³/mol. The minimum Gasteiger partial charge on any atom is -0.385 e. The molecule has 0 bridgehead atoms. The fourth-order valence-electron chi connectivity index (χ4n) is 1.58. The summed E-state index contributed by atoms with van der Waals surface area (Å²) in [6.45, 7) is 2.54. The highest BCUT2D eigenvalue weighted by Crippen LogP contribution is 2.15. The Balaban J connectivity index is 2.46. The van der Waals surface area contributed by atoms with Crippen molar-refractivity contribution >= 4 is 27.1 Å². The Kier molecular flexibility index (Phi) is 6.50. The van der Waals surface area contributed by atoms with Gasteiger partial charge in [0.05, 0.1) is 10.6 Å². The molecule has 0 aliphatic carbocycles. The normalized spacial score (nSPS) is 11.4. The first kappa shape index (κ1) is 15.3. The molecule has 0 fully saturated rings. The Labute approximate surface area is 114 Å². The van der Waals surface area contributed by atoms with Crippen molar-refractivity contribution in [2.75, 3.05) is 23.5 Å². The highest BCUT2D eigenvalue weighted by atomic mass is 35.5. The van der Waals surface area contributed by atoms with Crippen molar-refractivity contribution in [3.63, 3.8) is 0 Å². The monoisotopic (exact) mass is 289 g/mol. The van der Waals surface area contributed by atoms with Crippen LogP contribution in [0, 0.1) is 0 Å². The summed E-state index contributed by atoms with van der Waals surface area (Å²) in [6.07, 6.45) is 3.22. The molecule has 1 aromatic rings. The Morgan fingerprint density at radius 2 is 1.78 bits per heavy atom. The van der Waals surface area contributed by atoms with E-state index < -0.39 is 9.84 Å². The summed E-state index contributed by atoms with van der Waals surface area (Å²) in [6, 6.07) is 6.92. The number of alkyl halides is 1. The van der Waals surface area contributed by atoms with E-state index in [-0.39, 0.29) is 5.75 Å². The van der Waals surface area contributed by atoms with Gasteiger partial charge < -0.3 is 5.32 Å². The summed E-state index contributed by atoms with van der Waals surface area (Å²) in [5, 5.41) is 3.26. The van der Waals surface area contributed by atoms with E-state index >= 15 is 0 Å². The van der Waals surface area contributed by atoms with Gasteiger partial charge in [-0.25, -0.2) is 8.42 Å². The molecule has 0 radical (unpaired) electrons. The molecule has 1 aromatic carbocycles. The highest BCUT2D eigenvalue weighted by molar-refractivity contribution is 7.91. The number of hydrogen-bond acceptors (Lipinski definition) is 3. The van der Waals surface area contributed by atoms with E-state index in [0.29, 0.717) is 10.8 Å². The van der Waals surface area contributed by atoms with Gasteiger partial charge in [0.1, 0.15) is 0 Å². The zero-order chi connectivity index (χ0) is 13.4. The van der Waals surface area contributed by atoms with Gasteiger partial charge in [0.2, 0.25) is 0 Å². The van der Waals surface area contributed by atoms with E-state index in [1.165, 1.54) is 0 Å². The maximum atomic E-state index is 11.6. The van der Waals surface area contributed by atoms with Crippen LogP contribution in [0.4, 0.5) is 5.69 Å². The van der Waals surface area contributed by atoms with E-state index in [1.54, 1.807) is 19.1 Å². The van der Waals surface area contributed by atoms with Crippen LogP contribution in [0.15, 0.2) is 29.2 Å². The number of nitrogens with one attached hydrogen (secondary N) is 1. The van der Waals surface area contributed by atoms with Crippen molar-refractivity contribution in [3.8, 4) is 0 Å². The third-order valence-electron chi connectivity index (χ3n) is 2.73. The van der Waals surface area contributed by atoms with Crippen LogP contribution in [0.25, 0.3) is 0 Å². The first-order chi connectivity index (χ1) is 8.60. The van der Waals surface area contributed by atoms with Crippen LogP contribution < -0.4 is 5.32 Å². The van der Waals surface area contributed by atoms with Gasteiger partial charge >= 0.3 is 0 Å². The van der Waals surface area contributed by atoms with Crippen molar-refractivity contribution in [2.45, 2.75) is 31.1 Å². The van der Waals surface area contributed by atoms with E-state index in [9.17, 15) is 8.42 Å². The fraction of sp³-hybridized carbons (Fsp3) is 0.538. The second-order valence-electron chi connectivity index (χ2n) is 4.10. The molecule has 1 rings (SSSR count). The third kappa shape index (κ3) is 4.86. The molecule has 5 heteroatoms. The fourth-order valence-corrected chi connectivity index (χ4v) is 2.65. The van der Waals surface area contributed by atoms with Crippen molar-refractivity contribution in [1.29, 1.82) is 0 Å². The zero-order valence-electron chi connectivity index (χ0n) is 10.7. The van der Waals surface area contributed by atoms with Gasteiger partial charge in [-0.2, -0.15) is 0 Å². The Bertz CT molecular complexity index is 443. The van der Waals surface area contributed by atoms with Crippen molar-refractivity contribution < 1.29 is 8.42 Å². The molecule has 0 unspecified atom stereocenters. The van der Waals surface area contributed by atoms with E-state index in [0.717, 1.165) is 31.5 Å². The number of sulfone groups is 1. The van der Waals surface area contributed by atoms with E-state index in [2.05, 4.69) is 5.32 Å². The second kappa shape index (κ2) is 7.64. The lowest BCUT2D eigenvalue weighted by atomic mass is 10.2. The van der Waals surface area contributed by atoms with Gasteiger partial charge in [-0.1, -0.05) is 13.3 Å². The van der Waals surface area contributed by atoms with Crippen LogP contribution in [0.2, 0.25) is 0 Å². The number of benzene rings is 1. The van der Waals surface area contributed by atoms with Crippen molar-refractivity contribution in [1.82, 2.24) is 0 Å². The molecular formula is C13H20ClNO2S. The predicted octanol–water partition coefficient (Wildman–Crippen LogP) is 3.30. The highest BCUT2D eigenvalue weighted by Gasteiger charge is 2.10.